The Kier molecular flexibility index (Phi) is 5.76. The van der Waals surface area contributed by atoms with Gasteiger partial charge in [0, 0.05) is 42.2 Å². The van der Waals surface area contributed by atoms with E-state index >= 15 is 0 Å². The van der Waals surface area contributed by atoms with Crippen molar-refractivity contribution in [2.24, 2.45) is 0 Å². The number of piperidine rings is 2. The van der Waals surface area contributed by atoms with Crippen LogP contribution in [0, 0.1) is 17.1 Å². The van der Waals surface area contributed by atoms with Crippen LogP contribution in [-0.4, -0.2) is 51.6 Å². The molecule has 37 heavy (non-hydrogen) atoms. The summed E-state index contributed by atoms with van der Waals surface area (Å²) in [5, 5.41) is 12.6. The van der Waals surface area contributed by atoms with Gasteiger partial charge in [0.1, 0.15) is 11.9 Å². The highest BCUT2D eigenvalue weighted by atomic mass is 19.1. The lowest BCUT2D eigenvalue weighted by Gasteiger charge is -2.33. The molecule has 0 bridgehead atoms. The zero-order valence-corrected chi connectivity index (χ0v) is 20.2. The SMILES string of the molecule is N#Cc1ccc2c(CN3CCC(c4cc(F)cc5c4CN(C4CCC(=O)NC4=O)C5=O)CC3)c[nH]c2c1. The third-order valence-electron chi connectivity index (χ3n) is 7.97. The molecule has 188 valence electrons. The number of nitrogens with one attached hydrogen (secondary N) is 2. The fraction of sp³-hybridized carbons (Fsp3) is 0.357. The molecule has 6 rings (SSSR count). The number of aromatic amines is 1. The number of likely N-dealkylation sites (tertiary alicyclic amines) is 1. The Bertz CT molecular complexity index is 1480. The highest BCUT2D eigenvalue weighted by Crippen LogP contribution is 2.38. The molecule has 3 amide bonds. The van der Waals surface area contributed by atoms with Crippen LogP contribution in [0.3, 0.4) is 0 Å². The molecular weight excluding hydrogens is 473 g/mol. The number of carbonyl (C=O) groups excluding carboxylic acids is 3. The molecule has 0 spiro atoms. The van der Waals surface area contributed by atoms with Crippen LogP contribution in [0.15, 0.2) is 36.5 Å². The van der Waals surface area contributed by atoms with Crippen LogP contribution in [0.1, 0.15) is 64.2 Å². The number of rotatable bonds is 4. The minimum Gasteiger partial charge on any atom is -0.361 e. The second-order valence-electron chi connectivity index (χ2n) is 10.2. The first-order valence-corrected chi connectivity index (χ1v) is 12.6. The summed E-state index contributed by atoms with van der Waals surface area (Å²) in [5.74, 6) is -1.46. The Morgan fingerprint density at radius 3 is 2.65 bits per heavy atom. The number of imide groups is 1. The molecule has 2 saturated heterocycles. The van der Waals surface area contributed by atoms with E-state index in [2.05, 4.69) is 21.3 Å². The van der Waals surface area contributed by atoms with Gasteiger partial charge < -0.3 is 9.88 Å². The second-order valence-corrected chi connectivity index (χ2v) is 10.2. The quantitative estimate of drug-likeness (QED) is 0.536. The molecule has 3 aliphatic heterocycles. The van der Waals surface area contributed by atoms with Crippen molar-refractivity contribution in [1.82, 2.24) is 20.1 Å². The van der Waals surface area contributed by atoms with E-state index in [1.54, 1.807) is 6.07 Å². The van der Waals surface area contributed by atoms with Crippen molar-refractivity contribution in [1.29, 1.82) is 5.26 Å². The van der Waals surface area contributed by atoms with Crippen molar-refractivity contribution in [3.8, 4) is 6.07 Å². The number of hydrogen-bond donors (Lipinski definition) is 2. The van der Waals surface area contributed by atoms with Crippen LogP contribution in [-0.2, 0) is 22.7 Å². The molecule has 8 nitrogen and oxygen atoms in total. The van der Waals surface area contributed by atoms with Crippen LogP contribution in [0.2, 0.25) is 0 Å². The molecule has 1 unspecified atom stereocenters. The zero-order valence-electron chi connectivity index (χ0n) is 20.2. The number of aromatic nitrogens is 1. The molecule has 2 fully saturated rings. The fourth-order valence-electron chi connectivity index (χ4n) is 6.05. The highest BCUT2D eigenvalue weighted by Gasteiger charge is 2.41. The van der Waals surface area contributed by atoms with Gasteiger partial charge in [-0.2, -0.15) is 5.26 Å². The van der Waals surface area contributed by atoms with E-state index in [1.807, 2.05) is 24.4 Å². The molecule has 2 N–H and O–H groups in total. The normalized spacial score (nSPS) is 20.8. The van der Waals surface area contributed by atoms with Crippen molar-refractivity contribution >= 4 is 28.6 Å². The van der Waals surface area contributed by atoms with E-state index in [1.165, 1.54) is 16.5 Å². The Morgan fingerprint density at radius 1 is 1.08 bits per heavy atom. The maximum absolute atomic E-state index is 14.7. The minimum atomic E-state index is -0.712. The minimum absolute atomic E-state index is 0.122. The summed E-state index contributed by atoms with van der Waals surface area (Å²) >= 11 is 0. The summed E-state index contributed by atoms with van der Waals surface area (Å²) in [6, 6.07) is 9.94. The smallest absolute Gasteiger partial charge is 0.255 e. The van der Waals surface area contributed by atoms with Gasteiger partial charge in [0.25, 0.3) is 5.91 Å². The lowest BCUT2D eigenvalue weighted by Crippen LogP contribution is -2.52. The fourth-order valence-corrected chi connectivity index (χ4v) is 6.05. The number of fused-ring (bicyclic) bond motifs is 2. The van der Waals surface area contributed by atoms with Crippen LogP contribution in [0.5, 0.6) is 0 Å². The number of nitrogens with zero attached hydrogens (tertiary/aromatic N) is 3. The summed E-state index contributed by atoms with van der Waals surface area (Å²) in [6.45, 7) is 2.71. The van der Waals surface area contributed by atoms with Gasteiger partial charge in [-0.05, 0) is 79.2 Å². The van der Waals surface area contributed by atoms with Crippen molar-refractivity contribution in [3.63, 3.8) is 0 Å². The summed E-state index contributed by atoms with van der Waals surface area (Å²) in [4.78, 5) is 44.2. The van der Waals surface area contributed by atoms with Crippen LogP contribution in [0.25, 0.3) is 10.9 Å². The summed E-state index contributed by atoms with van der Waals surface area (Å²) in [7, 11) is 0. The number of hydrogen-bond acceptors (Lipinski definition) is 5. The topological polar surface area (TPSA) is 109 Å². The summed E-state index contributed by atoms with van der Waals surface area (Å²) < 4.78 is 14.7. The molecule has 3 aromatic rings. The number of halogens is 1. The van der Waals surface area contributed by atoms with Crippen LogP contribution >= 0.6 is 0 Å². The molecular formula is C28H26FN5O3. The number of nitriles is 1. The average Bonchev–Trinajstić information content (AvgIpc) is 3.44. The number of amides is 3. The van der Waals surface area contributed by atoms with Crippen molar-refractivity contribution < 1.29 is 18.8 Å². The second kappa shape index (κ2) is 9.12. The monoisotopic (exact) mass is 499 g/mol. The maximum Gasteiger partial charge on any atom is 0.255 e. The van der Waals surface area contributed by atoms with Crippen molar-refractivity contribution in [2.45, 2.75) is 50.7 Å². The molecule has 0 saturated carbocycles. The third kappa shape index (κ3) is 4.17. The van der Waals surface area contributed by atoms with E-state index in [-0.39, 0.29) is 37.1 Å². The van der Waals surface area contributed by atoms with E-state index in [0.717, 1.165) is 54.5 Å². The number of H-pyrrole nitrogens is 1. The number of carbonyl (C=O) groups is 3. The first kappa shape index (κ1) is 23.4. The molecule has 2 aromatic carbocycles. The zero-order chi connectivity index (χ0) is 25.7. The standard InChI is InChI=1S/C28H26FN5O3/c29-19-10-21(23-15-34(28(37)22(23)11-19)25-3-4-26(35)32-27(25)36)17-5-7-33(8-6-17)14-18-13-31-24-9-16(12-30)1-2-20(18)24/h1-2,9-11,13,17,25,31H,3-8,14-15H2,(H,32,35,36). The van der Waals surface area contributed by atoms with Gasteiger partial charge in [-0.15, -0.1) is 0 Å². The largest absolute Gasteiger partial charge is 0.361 e. The van der Waals surface area contributed by atoms with E-state index in [4.69, 9.17) is 5.26 Å². The Balaban J connectivity index is 1.17. The lowest BCUT2D eigenvalue weighted by molar-refractivity contribution is -0.136. The van der Waals surface area contributed by atoms with E-state index in [9.17, 15) is 18.8 Å². The maximum atomic E-state index is 14.7. The molecule has 1 aromatic heterocycles. The molecule has 1 atom stereocenters. The molecule has 0 radical (unpaired) electrons. The van der Waals surface area contributed by atoms with Gasteiger partial charge in [-0.3, -0.25) is 24.6 Å². The highest BCUT2D eigenvalue weighted by molar-refractivity contribution is 6.05. The predicted octanol–water partition coefficient (Wildman–Crippen LogP) is 3.32. The van der Waals surface area contributed by atoms with Gasteiger partial charge >= 0.3 is 0 Å². The van der Waals surface area contributed by atoms with Gasteiger partial charge in [-0.1, -0.05) is 6.07 Å². The Morgan fingerprint density at radius 2 is 1.89 bits per heavy atom. The van der Waals surface area contributed by atoms with Gasteiger partial charge in [-0.25, -0.2) is 4.39 Å². The number of benzene rings is 2. The van der Waals surface area contributed by atoms with Gasteiger partial charge in [0.2, 0.25) is 11.8 Å². The lowest BCUT2D eigenvalue weighted by atomic mass is 9.85. The summed E-state index contributed by atoms with van der Waals surface area (Å²) in [5.41, 5.74) is 4.74. The molecule has 4 heterocycles. The Hall–Kier alpha value is -4.03. The molecule has 0 aliphatic carbocycles. The first-order valence-electron chi connectivity index (χ1n) is 12.6. The summed E-state index contributed by atoms with van der Waals surface area (Å²) in [6.07, 6.45) is 4.14. The first-order chi connectivity index (χ1) is 17.9. The Labute approximate surface area is 213 Å². The van der Waals surface area contributed by atoms with Gasteiger partial charge in [0.15, 0.2) is 0 Å². The van der Waals surface area contributed by atoms with Gasteiger partial charge in [0.05, 0.1) is 11.6 Å². The van der Waals surface area contributed by atoms with Crippen LogP contribution in [0.4, 0.5) is 4.39 Å². The molecule has 3 aliphatic rings. The van der Waals surface area contributed by atoms with E-state index < -0.39 is 17.8 Å². The van der Waals surface area contributed by atoms with Crippen LogP contribution < -0.4 is 5.32 Å². The van der Waals surface area contributed by atoms with Crippen molar-refractivity contribution in [2.75, 3.05) is 13.1 Å². The predicted molar refractivity (Wildman–Crippen MR) is 133 cm³/mol. The third-order valence-corrected chi connectivity index (χ3v) is 7.97. The van der Waals surface area contributed by atoms with Crippen molar-refractivity contribution in [3.05, 3.63) is 70.2 Å². The average molecular weight is 500 g/mol. The molecule has 9 heteroatoms. The van der Waals surface area contributed by atoms with E-state index in [0.29, 0.717) is 11.1 Å².